The number of phenols is 1. The van der Waals surface area contributed by atoms with Gasteiger partial charge in [0.1, 0.15) is 5.75 Å². The maximum absolute atomic E-state index is 9.83. The van der Waals surface area contributed by atoms with Crippen molar-refractivity contribution in [3.05, 3.63) is 28.8 Å². The van der Waals surface area contributed by atoms with Crippen LogP contribution in [0.3, 0.4) is 0 Å². The van der Waals surface area contributed by atoms with Crippen molar-refractivity contribution in [2.45, 2.75) is 53.1 Å². The van der Waals surface area contributed by atoms with E-state index in [4.69, 9.17) is 0 Å². The van der Waals surface area contributed by atoms with E-state index in [9.17, 15) is 5.11 Å². The number of aryl methyl sites for hydroxylation is 2. The summed E-state index contributed by atoms with van der Waals surface area (Å²) >= 11 is 0. The number of nitrogens with one attached hydrogen (secondary N) is 1. The van der Waals surface area contributed by atoms with E-state index < -0.39 is 0 Å². The molecule has 0 saturated heterocycles. The molecule has 1 aromatic rings. The van der Waals surface area contributed by atoms with Crippen LogP contribution < -0.4 is 5.32 Å². The molecule has 1 aromatic carbocycles. The largest absolute Gasteiger partial charge is 0.508 e. The molecule has 2 N–H and O–H groups in total. The molecule has 0 unspecified atom stereocenters. The van der Waals surface area contributed by atoms with Crippen LogP contribution in [0.15, 0.2) is 12.1 Å². The van der Waals surface area contributed by atoms with Crippen molar-refractivity contribution in [3.8, 4) is 5.75 Å². The summed E-state index contributed by atoms with van der Waals surface area (Å²) in [5, 5.41) is 13.3. The van der Waals surface area contributed by atoms with Crippen LogP contribution in [0.2, 0.25) is 0 Å². The second kappa shape index (κ2) is 5.90. The Kier molecular flexibility index (Phi) is 4.81. The molecule has 90 valence electrons. The van der Waals surface area contributed by atoms with E-state index in [1.807, 2.05) is 13.0 Å². The zero-order valence-electron chi connectivity index (χ0n) is 10.8. The first-order valence-corrected chi connectivity index (χ1v) is 6.10. The summed E-state index contributed by atoms with van der Waals surface area (Å²) in [4.78, 5) is 0. The minimum atomic E-state index is 0.404. The van der Waals surface area contributed by atoms with E-state index in [2.05, 4.69) is 32.2 Å². The van der Waals surface area contributed by atoms with Gasteiger partial charge in [-0.15, -0.1) is 0 Å². The van der Waals surface area contributed by atoms with Gasteiger partial charge in [-0.3, -0.25) is 0 Å². The molecule has 2 heteroatoms. The van der Waals surface area contributed by atoms with E-state index in [1.165, 1.54) is 5.56 Å². The molecule has 2 nitrogen and oxygen atoms in total. The van der Waals surface area contributed by atoms with Crippen LogP contribution in [0.25, 0.3) is 0 Å². The molecule has 0 spiro atoms. The van der Waals surface area contributed by atoms with Crippen molar-refractivity contribution in [2.24, 2.45) is 0 Å². The fourth-order valence-corrected chi connectivity index (χ4v) is 1.83. The molecule has 1 rings (SSSR count). The lowest BCUT2D eigenvalue weighted by molar-refractivity contribution is 0.447. The maximum atomic E-state index is 9.83. The lowest BCUT2D eigenvalue weighted by atomic mass is 10.0. The van der Waals surface area contributed by atoms with Crippen LogP contribution in [0, 0.1) is 13.8 Å². The fraction of sp³-hybridized carbons (Fsp3) is 0.571. The second-order valence-electron chi connectivity index (χ2n) is 4.46. The van der Waals surface area contributed by atoms with Gasteiger partial charge in [-0.2, -0.15) is 0 Å². The zero-order valence-corrected chi connectivity index (χ0v) is 10.8. The molecule has 0 aromatic heterocycles. The summed E-state index contributed by atoms with van der Waals surface area (Å²) in [6, 6.07) is 4.46. The van der Waals surface area contributed by atoms with E-state index in [-0.39, 0.29) is 0 Å². The van der Waals surface area contributed by atoms with E-state index in [0.717, 1.165) is 30.5 Å². The molecule has 0 aliphatic rings. The molecular formula is C14H23NO. The Morgan fingerprint density at radius 1 is 1.12 bits per heavy atom. The van der Waals surface area contributed by atoms with Gasteiger partial charge in [0.15, 0.2) is 0 Å². The van der Waals surface area contributed by atoms with Crippen molar-refractivity contribution in [2.75, 3.05) is 0 Å². The highest BCUT2D eigenvalue weighted by Gasteiger charge is 2.07. The number of benzene rings is 1. The Morgan fingerprint density at radius 3 is 2.25 bits per heavy atom. The van der Waals surface area contributed by atoms with Gasteiger partial charge >= 0.3 is 0 Å². The van der Waals surface area contributed by atoms with Gasteiger partial charge in [0.25, 0.3) is 0 Å². The molecule has 0 heterocycles. The second-order valence-corrected chi connectivity index (χ2v) is 4.46. The van der Waals surface area contributed by atoms with Crippen LogP contribution in [-0.2, 0) is 6.54 Å². The smallest absolute Gasteiger partial charge is 0.120 e. The third-order valence-electron chi connectivity index (χ3n) is 3.26. The third kappa shape index (κ3) is 3.24. The normalized spacial score (nSPS) is 11.1. The molecular weight excluding hydrogens is 198 g/mol. The Balaban J connectivity index is 2.70. The van der Waals surface area contributed by atoms with Gasteiger partial charge < -0.3 is 10.4 Å². The van der Waals surface area contributed by atoms with E-state index >= 15 is 0 Å². The minimum absolute atomic E-state index is 0.404. The summed E-state index contributed by atoms with van der Waals surface area (Å²) in [6.07, 6.45) is 2.25. The Morgan fingerprint density at radius 2 is 1.69 bits per heavy atom. The first kappa shape index (κ1) is 13.0. The molecule has 0 aliphatic heterocycles. The van der Waals surface area contributed by atoms with Crippen LogP contribution >= 0.6 is 0 Å². The topological polar surface area (TPSA) is 32.3 Å². The monoisotopic (exact) mass is 221 g/mol. The van der Waals surface area contributed by atoms with Crippen LogP contribution in [-0.4, -0.2) is 11.1 Å². The van der Waals surface area contributed by atoms with Crippen molar-refractivity contribution in [3.63, 3.8) is 0 Å². The Labute approximate surface area is 98.7 Å². The number of hydrogen-bond acceptors (Lipinski definition) is 2. The van der Waals surface area contributed by atoms with Crippen molar-refractivity contribution >= 4 is 0 Å². The quantitative estimate of drug-likeness (QED) is 0.799. The summed E-state index contributed by atoms with van der Waals surface area (Å²) in [6.45, 7) is 9.21. The zero-order chi connectivity index (χ0) is 12.1. The number of rotatable bonds is 5. The average Bonchev–Trinajstić information content (AvgIpc) is 2.26. The molecule has 0 radical (unpaired) electrons. The van der Waals surface area contributed by atoms with Crippen molar-refractivity contribution in [1.29, 1.82) is 0 Å². The minimum Gasteiger partial charge on any atom is -0.508 e. The van der Waals surface area contributed by atoms with Crippen molar-refractivity contribution in [1.82, 2.24) is 5.32 Å². The maximum Gasteiger partial charge on any atom is 0.120 e. The number of hydrogen-bond donors (Lipinski definition) is 2. The summed E-state index contributed by atoms with van der Waals surface area (Å²) < 4.78 is 0. The van der Waals surface area contributed by atoms with Gasteiger partial charge in [-0.25, -0.2) is 0 Å². The van der Waals surface area contributed by atoms with Crippen LogP contribution in [0.4, 0.5) is 0 Å². The first-order chi connectivity index (χ1) is 7.58. The standard InChI is InChI=1S/C14H23NO/c1-5-13(6-2)15-9-12-7-10(3)11(4)8-14(12)16/h7-8,13,15-16H,5-6,9H2,1-4H3. The van der Waals surface area contributed by atoms with Crippen molar-refractivity contribution < 1.29 is 5.11 Å². The van der Waals surface area contributed by atoms with Gasteiger partial charge in [0.2, 0.25) is 0 Å². The van der Waals surface area contributed by atoms with Gasteiger partial charge in [-0.05, 0) is 43.9 Å². The van der Waals surface area contributed by atoms with Crippen LogP contribution in [0.5, 0.6) is 5.75 Å². The summed E-state index contributed by atoms with van der Waals surface area (Å²) in [7, 11) is 0. The number of phenolic OH excluding ortho intramolecular Hbond substituents is 1. The average molecular weight is 221 g/mol. The lowest BCUT2D eigenvalue weighted by Gasteiger charge is -2.16. The number of aromatic hydroxyl groups is 1. The van der Waals surface area contributed by atoms with Gasteiger partial charge in [-0.1, -0.05) is 19.9 Å². The third-order valence-corrected chi connectivity index (χ3v) is 3.26. The van der Waals surface area contributed by atoms with E-state index in [0.29, 0.717) is 11.8 Å². The molecule has 0 amide bonds. The highest BCUT2D eigenvalue weighted by atomic mass is 16.3. The highest BCUT2D eigenvalue weighted by Crippen LogP contribution is 2.21. The molecule has 0 fully saturated rings. The Hall–Kier alpha value is -1.02. The van der Waals surface area contributed by atoms with E-state index in [1.54, 1.807) is 0 Å². The predicted octanol–water partition coefficient (Wildman–Crippen LogP) is 3.29. The predicted molar refractivity (Wildman–Crippen MR) is 68.8 cm³/mol. The van der Waals surface area contributed by atoms with Crippen LogP contribution in [0.1, 0.15) is 43.4 Å². The molecule has 0 saturated carbocycles. The van der Waals surface area contributed by atoms with Gasteiger partial charge in [0, 0.05) is 18.2 Å². The first-order valence-electron chi connectivity index (χ1n) is 6.10. The highest BCUT2D eigenvalue weighted by molar-refractivity contribution is 5.40. The SMILES string of the molecule is CCC(CC)NCc1cc(C)c(C)cc1O. The molecule has 0 aliphatic carbocycles. The fourth-order valence-electron chi connectivity index (χ4n) is 1.83. The summed E-state index contributed by atoms with van der Waals surface area (Å²) in [5.74, 6) is 0.404. The molecule has 16 heavy (non-hydrogen) atoms. The molecule has 0 atom stereocenters. The lowest BCUT2D eigenvalue weighted by Crippen LogP contribution is -2.27. The molecule has 0 bridgehead atoms. The van der Waals surface area contributed by atoms with Gasteiger partial charge in [0.05, 0.1) is 0 Å². The summed E-state index contributed by atoms with van der Waals surface area (Å²) in [5.41, 5.74) is 3.37. The Bertz CT molecular complexity index is 343.